The number of nitrogens with one attached hydrogen (secondary N) is 2. The monoisotopic (exact) mass is 409 g/mol. The minimum atomic E-state index is -0.385. The summed E-state index contributed by atoms with van der Waals surface area (Å²) >= 11 is 13.9. The maximum Gasteiger partial charge on any atom is 0.269 e. The van der Waals surface area contributed by atoms with E-state index in [0.717, 1.165) is 10.1 Å². The number of thiocarbonyl (C=S) groups is 1. The average Bonchev–Trinajstić information content (AvgIpc) is 3.08. The molecule has 0 bridgehead atoms. The summed E-state index contributed by atoms with van der Waals surface area (Å²) in [5, 5.41) is 7.22. The minimum absolute atomic E-state index is 0.0601. The van der Waals surface area contributed by atoms with Gasteiger partial charge in [-0.1, -0.05) is 41.1 Å². The van der Waals surface area contributed by atoms with Crippen LogP contribution in [0.2, 0.25) is 5.02 Å². The van der Waals surface area contributed by atoms with Gasteiger partial charge in [0.2, 0.25) is 0 Å². The number of aryl methyl sites for hydroxylation is 1. The Labute approximate surface area is 162 Å². The number of thiophene rings is 1. The summed E-state index contributed by atoms with van der Waals surface area (Å²) in [6, 6.07) is 7.52. The highest BCUT2D eigenvalue weighted by molar-refractivity contribution is 7.80. The number of nitrogens with zero attached hydrogens (tertiary/aromatic N) is 1. The van der Waals surface area contributed by atoms with Crippen LogP contribution < -0.4 is 10.6 Å². The Bertz CT molecular complexity index is 1010. The van der Waals surface area contributed by atoms with Gasteiger partial charge in [-0.2, -0.15) is 0 Å². The Morgan fingerprint density at radius 1 is 1.20 bits per heavy atom. The van der Waals surface area contributed by atoms with E-state index in [1.807, 2.05) is 24.3 Å². The van der Waals surface area contributed by atoms with Gasteiger partial charge in [-0.05, 0) is 25.2 Å². The van der Waals surface area contributed by atoms with Crippen molar-refractivity contribution >= 4 is 78.5 Å². The standard InChI is InChI=1S/C16H12ClN3O2S3/c1-7-12(8(2)21)25-16(18-7)20-15(23)19-14(22)13-11(17)9-5-3-4-6-10(9)24-13/h3-6H,1-2H3,(H2,18,19,20,22,23). The van der Waals surface area contributed by atoms with Crippen molar-refractivity contribution in [3.8, 4) is 0 Å². The van der Waals surface area contributed by atoms with E-state index >= 15 is 0 Å². The number of rotatable bonds is 3. The molecule has 0 spiro atoms. The maximum atomic E-state index is 12.4. The predicted molar refractivity (Wildman–Crippen MR) is 107 cm³/mol. The SMILES string of the molecule is CC(=O)c1sc(NC(=S)NC(=O)c2sc3ccccc3c2Cl)nc1C. The summed E-state index contributed by atoms with van der Waals surface area (Å²) in [4.78, 5) is 29.1. The molecule has 0 atom stereocenters. The Morgan fingerprint density at radius 2 is 1.92 bits per heavy atom. The van der Waals surface area contributed by atoms with Crippen molar-refractivity contribution in [2.75, 3.05) is 5.32 Å². The van der Waals surface area contributed by atoms with Crippen LogP contribution in [0.4, 0.5) is 5.13 Å². The molecule has 0 saturated carbocycles. The third kappa shape index (κ3) is 3.72. The molecule has 0 fully saturated rings. The first-order valence-electron chi connectivity index (χ1n) is 7.14. The molecule has 0 radical (unpaired) electrons. The van der Waals surface area contributed by atoms with E-state index < -0.39 is 0 Å². The Kier molecular flexibility index (Phi) is 5.14. The van der Waals surface area contributed by atoms with E-state index in [0.29, 0.717) is 25.6 Å². The number of halogens is 1. The van der Waals surface area contributed by atoms with Crippen molar-refractivity contribution < 1.29 is 9.59 Å². The number of benzene rings is 1. The Balaban J connectivity index is 1.74. The van der Waals surface area contributed by atoms with Crippen molar-refractivity contribution in [2.24, 2.45) is 0 Å². The summed E-state index contributed by atoms with van der Waals surface area (Å²) in [5.74, 6) is -0.446. The van der Waals surface area contributed by atoms with Crippen molar-refractivity contribution in [1.29, 1.82) is 0 Å². The molecule has 2 aromatic heterocycles. The molecule has 2 N–H and O–H groups in total. The number of Topliss-reactive ketones (excluding diaryl/α,β-unsaturated/α-hetero) is 1. The number of aromatic nitrogens is 1. The second kappa shape index (κ2) is 7.17. The smallest absolute Gasteiger partial charge is 0.269 e. The van der Waals surface area contributed by atoms with Crippen LogP contribution in [0.1, 0.15) is 32.0 Å². The highest BCUT2D eigenvalue weighted by atomic mass is 35.5. The molecule has 1 amide bonds. The summed E-state index contributed by atoms with van der Waals surface area (Å²) in [5.41, 5.74) is 0.627. The molecular formula is C16H12ClN3O2S3. The molecule has 0 aliphatic carbocycles. The van der Waals surface area contributed by atoms with Gasteiger partial charge in [0.25, 0.3) is 5.91 Å². The highest BCUT2D eigenvalue weighted by Gasteiger charge is 2.18. The topological polar surface area (TPSA) is 71.1 Å². The summed E-state index contributed by atoms with van der Waals surface area (Å²) in [7, 11) is 0. The summed E-state index contributed by atoms with van der Waals surface area (Å²) in [6.07, 6.45) is 0. The summed E-state index contributed by atoms with van der Waals surface area (Å²) < 4.78 is 0.929. The van der Waals surface area contributed by atoms with Crippen LogP contribution in [0.15, 0.2) is 24.3 Å². The lowest BCUT2D eigenvalue weighted by atomic mass is 10.2. The second-order valence-electron chi connectivity index (χ2n) is 5.14. The zero-order valence-electron chi connectivity index (χ0n) is 13.2. The molecule has 0 aliphatic rings. The number of ketones is 1. The fraction of sp³-hybridized carbons (Fsp3) is 0.125. The molecule has 0 unspecified atom stereocenters. The van der Waals surface area contributed by atoms with E-state index in [9.17, 15) is 9.59 Å². The predicted octanol–water partition coefficient (Wildman–Crippen LogP) is 4.65. The van der Waals surface area contributed by atoms with Gasteiger partial charge in [0.1, 0.15) is 4.88 Å². The van der Waals surface area contributed by atoms with Crippen LogP contribution in [-0.4, -0.2) is 21.8 Å². The number of carbonyl (C=O) groups is 2. The van der Waals surface area contributed by atoms with E-state index in [2.05, 4.69) is 15.6 Å². The van der Waals surface area contributed by atoms with Gasteiger partial charge in [-0.15, -0.1) is 11.3 Å². The lowest BCUT2D eigenvalue weighted by Gasteiger charge is -2.06. The van der Waals surface area contributed by atoms with Gasteiger partial charge in [0.15, 0.2) is 16.0 Å². The van der Waals surface area contributed by atoms with Crippen LogP contribution in [0.5, 0.6) is 0 Å². The molecule has 3 rings (SSSR count). The molecule has 5 nitrogen and oxygen atoms in total. The van der Waals surface area contributed by atoms with E-state index in [4.69, 9.17) is 23.8 Å². The molecule has 1 aromatic carbocycles. The first-order chi connectivity index (χ1) is 11.9. The molecule has 9 heteroatoms. The highest BCUT2D eigenvalue weighted by Crippen LogP contribution is 2.35. The number of hydrogen-bond donors (Lipinski definition) is 2. The van der Waals surface area contributed by atoms with Crippen LogP contribution in [0, 0.1) is 6.92 Å². The van der Waals surface area contributed by atoms with Crippen molar-refractivity contribution in [3.05, 3.63) is 44.7 Å². The molecule has 25 heavy (non-hydrogen) atoms. The van der Waals surface area contributed by atoms with E-state index in [1.165, 1.54) is 29.6 Å². The largest absolute Gasteiger partial charge is 0.308 e. The molecule has 2 heterocycles. The quantitative estimate of drug-likeness (QED) is 0.486. The van der Waals surface area contributed by atoms with Crippen molar-refractivity contribution in [3.63, 3.8) is 0 Å². The first kappa shape index (κ1) is 17.9. The number of fused-ring (bicyclic) bond motifs is 1. The molecule has 128 valence electrons. The Hall–Kier alpha value is -1.87. The van der Waals surface area contributed by atoms with Crippen molar-refractivity contribution in [1.82, 2.24) is 10.3 Å². The fourth-order valence-electron chi connectivity index (χ4n) is 2.22. The van der Waals surface area contributed by atoms with Gasteiger partial charge in [0, 0.05) is 17.0 Å². The number of thiazole rings is 1. The normalized spacial score (nSPS) is 10.7. The molecular weight excluding hydrogens is 398 g/mol. The molecule has 0 aliphatic heterocycles. The zero-order valence-corrected chi connectivity index (χ0v) is 16.4. The van der Waals surface area contributed by atoms with Gasteiger partial charge in [0.05, 0.1) is 15.6 Å². The zero-order chi connectivity index (χ0) is 18.1. The summed E-state index contributed by atoms with van der Waals surface area (Å²) in [6.45, 7) is 3.23. The first-order valence-corrected chi connectivity index (χ1v) is 9.56. The molecule has 3 aromatic rings. The minimum Gasteiger partial charge on any atom is -0.308 e. The van der Waals surface area contributed by atoms with Crippen LogP contribution in [-0.2, 0) is 0 Å². The third-order valence-electron chi connectivity index (χ3n) is 3.31. The number of hydrogen-bond acceptors (Lipinski definition) is 6. The maximum absolute atomic E-state index is 12.4. The lowest BCUT2D eigenvalue weighted by molar-refractivity contribution is 0.0980. The van der Waals surface area contributed by atoms with Gasteiger partial charge >= 0.3 is 0 Å². The van der Waals surface area contributed by atoms with Crippen LogP contribution >= 0.6 is 46.5 Å². The van der Waals surface area contributed by atoms with Gasteiger partial charge in [-0.25, -0.2) is 4.98 Å². The average molecular weight is 410 g/mol. The van der Waals surface area contributed by atoms with E-state index in [1.54, 1.807) is 6.92 Å². The van der Waals surface area contributed by atoms with Crippen LogP contribution in [0.25, 0.3) is 10.1 Å². The van der Waals surface area contributed by atoms with Gasteiger partial charge < -0.3 is 5.32 Å². The second-order valence-corrected chi connectivity index (χ2v) is 7.98. The number of carbonyl (C=O) groups excluding carboxylic acids is 2. The van der Waals surface area contributed by atoms with Crippen LogP contribution in [0.3, 0.4) is 0 Å². The lowest BCUT2D eigenvalue weighted by Crippen LogP contribution is -2.33. The molecule has 0 saturated heterocycles. The van der Waals surface area contributed by atoms with E-state index in [-0.39, 0.29) is 16.8 Å². The Morgan fingerprint density at radius 3 is 2.56 bits per heavy atom. The number of anilines is 1. The number of amides is 1. The van der Waals surface area contributed by atoms with Gasteiger partial charge in [-0.3, -0.25) is 14.9 Å². The fourth-order valence-corrected chi connectivity index (χ4v) is 4.76. The third-order valence-corrected chi connectivity index (χ3v) is 6.36. The van der Waals surface area contributed by atoms with Crippen molar-refractivity contribution in [2.45, 2.75) is 13.8 Å².